The van der Waals surface area contributed by atoms with Crippen LogP contribution in [-0.2, 0) is 14.6 Å². The molecule has 1 rings (SSSR count). The Morgan fingerprint density at radius 3 is 2.58 bits per heavy atom. The summed E-state index contributed by atoms with van der Waals surface area (Å²) in [5.74, 6) is -0.178. The van der Waals surface area contributed by atoms with Crippen LogP contribution in [0.4, 0.5) is 10.5 Å². The van der Waals surface area contributed by atoms with E-state index in [2.05, 4.69) is 5.32 Å². The van der Waals surface area contributed by atoms with E-state index < -0.39 is 15.9 Å². The Labute approximate surface area is 121 Å². The van der Waals surface area contributed by atoms with Gasteiger partial charge in [-0.1, -0.05) is 30.1 Å². The average molecular weight is 326 g/mol. The molecule has 1 N–H and O–H groups in total. The van der Waals surface area contributed by atoms with Crippen LogP contribution in [0.15, 0.2) is 18.2 Å². The van der Waals surface area contributed by atoms with Crippen molar-refractivity contribution in [3.05, 3.63) is 28.2 Å². The first-order chi connectivity index (χ1) is 8.84. The third-order valence-corrected chi connectivity index (χ3v) is 4.64. The molecule has 0 radical (unpaired) electrons. The van der Waals surface area contributed by atoms with Gasteiger partial charge in [-0.15, -0.1) is 0 Å². The number of nitrogens with one attached hydrogen (secondary N) is 1. The topological polar surface area (TPSA) is 72.5 Å². The monoisotopic (exact) mass is 325 g/mol. The van der Waals surface area contributed by atoms with Crippen molar-refractivity contribution >= 4 is 44.8 Å². The van der Waals surface area contributed by atoms with E-state index in [9.17, 15) is 13.2 Å². The lowest BCUT2D eigenvalue weighted by Gasteiger charge is -2.07. The van der Waals surface area contributed by atoms with Gasteiger partial charge in [0.1, 0.15) is 6.61 Å². The van der Waals surface area contributed by atoms with Crippen molar-refractivity contribution < 1.29 is 17.9 Å². The zero-order chi connectivity index (χ0) is 14.5. The maximum absolute atomic E-state index is 11.4. The number of sulfone groups is 1. The van der Waals surface area contributed by atoms with Crippen molar-refractivity contribution in [2.24, 2.45) is 0 Å². The predicted molar refractivity (Wildman–Crippen MR) is 75.8 cm³/mol. The van der Waals surface area contributed by atoms with E-state index in [1.807, 2.05) is 0 Å². The van der Waals surface area contributed by atoms with Crippen LogP contribution in [0.3, 0.4) is 0 Å². The quantitative estimate of drug-likeness (QED) is 0.903. The van der Waals surface area contributed by atoms with Gasteiger partial charge in [-0.05, 0) is 18.2 Å². The molecule has 5 nitrogen and oxygen atoms in total. The van der Waals surface area contributed by atoms with Gasteiger partial charge in [0.2, 0.25) is 0 Å². The standard InChI is InChI=1S/C11H13Cl2NO4S/c1-2-19(16,17)6-5-18-11(15)14-8-3-4-9(12)10(13)7-8/h3-4,7H,2,5-6H2,1H3,(H,14,15). The second-order valence-electron chi connectivity index (χ2n) is 3.63. The zero-order valence-corrected chi connectivity index (χ0v) is 12.5. The van der Waals surface area contributed by atoms with Gasteiger partial charge in [0.05, 0.1) is 15.8 Å². The molecule has 19 heavy (non-hydrogen) atoms. The lowest BCUT2D eigenvalue weighted by atomic mass is 10.3. The third kappa shape index (κ3) is 5.67. The summed E-state index contributed by atoms with van der Waals surface area (Å²) in [6.07, 6.45) is -0.746. The molecular formula is C11H13Cl2NO4S. The summed E-state index contributed by atoms with van der Waals surface area (Å²) < 4.78 is 27.1. The Hall–Kier alpha value is -0.980. The van der Waals surface area contributed by atoms with Gasteiger partial charge >= 0.3 is 6.09 Å². The average Bonchev–Trinajstić information content (AvgIpc) is 2.33. The largest absolute Gasteiger partial charge is 0.448 e. The molecule has 0 saturated carbocycles. The second kappa shape index (κ2) is 6.98. The summed E-state index contributed by atoms with van der Waals surface area (Å²) >= 11 is 11.5. The molecule has 0 spiro atoms. The fraction of sp³-hybridized carbons (Fsp3) is 0.364. The number of hydrogen-bond acceptors (Lipinski definition) is 4. The van der Waals surface area contributed by atoms with Gasteiger partial charge in [-0.3, -0.25) is 5.32 Å². The van der Waals surface area contributed by atoms with Gasteiger partial charge in [0, 0.05) is 11.4 Å². The summed E-state index contributed by atoms with van der Waals surface area (Å²) in [5, 5.41) is 3.08. The molecule has 1 aromatic carbocycles. The number of hydrogen-bond donors (Lipinski definition) is 1. The van der Waals surface area contributed by atoms with Gasteiger partial charge in [0.25, 0.3) is 0 Å². The van der Waals surface area contributed by atoms with Gasteiger partial charge in [-0.25, -0.2) is 13.2 Å². The van der Waals surface area contributed by atoms with E-state index in [0.29, 0.717) is 15.7 Å². The number of rotatable bonds is 5. The molecule has 1 amide bonds. The van der Waals surface area contributed by atoms with Crippen LogP contribution in [0.25, 0.3) is 0 Å². The summed E-state index contributed by atoms with van der Waals surface area (Å²) in [5.41, 5.74) is 0.415. The molecule has 0 aliphatic rings. The highest BCUT2D eigenvalue weighted by Crippen LogP contribution is 2.24. The molecule has 0 saturated heterocycles. The van der Waals surface area contributed by atoms with Crippen molar-refractivity contribution in [2.45, 2.75) is 6.92 Å². The maximum Gasteiger partial charge on any atom is 0.411 e. The Bertz CT molecular complexity index is 560. The lowest BCUT2D eigenvalue weighted by Crippen LogP contribution is -2.20. The highest BCUT2D eigenvalue weighted by atomic mass is 35.5. The molecule has 0 heterocycles. The van der Waals surface area contributed by atoms with Crippen LogP contribution in [0.2, 0.25) is 10.0 Å². The van der Waals surface area contributed by atoms with E-state index in [1.54, 1.807) is 6.07 Å². The zero-order valence-electron chi connectivity index (χ0n) is 10.2. The summed E-state index contributed by atoms with van der Waals surface area (Å²) in [4.78, 5) is 11.4. The molecule has 0 aliphatic carbocycles. The van der Waals surface area contributed by atoms with E-state index in [1.165, 1.54) is 19.1 Å². The van der Waals surface area contributed by atoms with E-state index in [0.717, 1.165) is 0 Å². The first-order valence-corrected chi connectivity index (χ1v) is 8.01. The van der Waals surface area contributed by atoms with Crippen molar-refractivity contribution in [3.8, 4) is 0 Å². The van der Waals surface area contributed by atoms with Crippen molar-refractivity contribution in [3.63, 3.8) is 0 Å². The van der Waals surface area contributed by atoms with Crippen LogP contribution >= 0.6 is 23.2 Å². The van der Waals surface area contributed by atoms with E-state index in [4.69, 9.17) is 27.9 Å². The van der Waals surface area contributed by atoms with Crippen LogP contribution in [0.1, 0.15) is 6.92 Å². The Kier molecular flexibility index (Phi) is 5.90. The van der Waals surface area contributed by atoms with E-state index >= 15 is 0 Å². The van der Waals surface area contributed by atoms with Crippen LogP contribution in [0.5, 0.6) is 0 Å². The minimum absolute atomic E-state index is 0.0186. The second-order valence-corrected chi connectivity index (χ2v) is 6.91. The molecule has 0 atom stereocenters. The number of ether oxygens (including phenoxy) is 1. The minimum Gasteiger partial charge on any atom is -0.448 e. The summed E-state index contributed by atoms with van der Waals surface area (Å²) in [6.45, 7) is 1.34. The molecule has 0 fully saturated rings. The molecule has 0 bridgehead atoms. The number of anilines is 1. The lowest BCUT2D eigenvalue weighted by molar-refractivity contribution is 0.168. The molecule has 0 aliphatic heterocycles. The van der Waals surface area contributed by atoms with Crippen molar-refractivity contribution in [2.75, 3.05) is 23.4 Å². The van der Waals surface area contributed by atoms with Crippen LogP contribution in [-0.4, -0.2) is 32.6 Å². The van der Waals surface area contributed by atoms with Crippen LogP contribution < -0.4 is 5.32 Å². The first-order valence-electron chi connectivity index (χ1n) is 5.43. The normalized spacial score (nSPS) is 11.1. The van der Waals surface area contributed by atoms with Gasteiger partial charge in [-0.2, -0.15) is 0 Å². The minimum atomic E-state index is -3.14. The third-order valence-electron chi connectivity index (χ3n) is 2.23. The fourth-order valence-corrected chi connectivity index (χ4v) is 2.06. The Balaban J connectivity index is 2.45. The predicted octanol–water partition coefficient (Wildman–Crippen LogP) is 2.98. The highest BCUT2D eigenvalue weighted by Gasteiger charge is 2.10. The van der Waals surface area contributed by atoms with E-state index in [-0.39, 0.29) is 18.1 Å². The number of benzene rings is 1. The fourth-order valence-electron chi connectivity index (χ4n) is 1.13. The number of halogens is 2. The van der Waals surface area contributed by atoms with Crippen molar-refractivity contribution in [1.82, 2.24) is 0 Å². The Morgan fingerprint density at radius 2 is 2.00 bits per heavy atom. The summed E-state index contributed by atoms with van der Waals surface area (Å²) in [6, 6.07) is 4.55. The maximum atomic E-state index is 11.4. The molecular weight excluding hydrogens is 313 g/mol. The molecule has 8 heteroatoms. The van der Waals surface area contributed by atoms with Crippen LogP contribution in [0, 0.1) is 0 Å². The highest BCUT2D eigenvalue weighted by molar-refractivity contribution is 7.91. The molecule has 0 aromatic heterocycles. The number of carbonyl (C=O) groups excluding carboxylic acids is 1. The van der Waals surface area contributed by atoms with Gasteiger partial charge < -0.3 is 4.74 Å². The van der Waals surface area contributed by atoms with Crippen molar-refractivity contribution in [1.29, 1.82) is 0 Å². The number of amides is 1. The molecule has 0 unspecified atom stereocenters. The smallest absolute Gasteiger partial charge is 0.411 e. The number of carbonyl (C=O) groups is 1. The Morgan fingerprint density at radius 1 is 1.32 bits per heavy atom. The summed E-state index contributed by atoms with van der Waals surface area (Å²) in [7, 11) is -3.14. The van der Waals surface area contributed by atoms with Gasteiger partial charge in [0.15, 0.2) is 9.84 Å². The molecule has 106 valence electrons. The molecule has 1 aromatic rings. The SMILES string of the molecule is CCS(=O)(=O)CCOC(=O)Nc1ccc(Cl)c(Cl)c1. The first kappa shape index (κ1) is 16.1.